The van der Waals surface area contributed by atoms with Gasteiger partial charge in [-0.05, 0) is 17.7 Å². The number of amides is 1. The Balaban J connectivity index is 3.12. The van der Waals surface area contributed by atoms with Crippen molar-refractivity contribution >= 4 is 18.2 Å². The molecule has 1 aromatic rings. The van der Waals surface area contributed by atoms with Crippen LogP contribution in [0.15, 0.2) is 18.2 Å². The molecule has 0 saturated carbocycles. The smallest absolute Gasteiger partial charge is 0.333 e. The molecule has 6 heteroatoms. The molecule has 0 heterocycles. The molecule has 1 amide bonds. The molecule has 18 heavy (non-hydrogen) atoms. The number of nitrogens with one attached hydrogen (secondary N) is 1. The molecule has 0 aliphatic heterocycles. The van der Waals surface area contributed by atoms with E-state index in [0.29, 0.717) is 11.8 Å². The number of carbonyl (C=O) groups excluding carboxylic acids is 3. The fraction of sp³-hybridized carbons (Fsp3) is 0.250. The van der Waals surface area contributed by atoms with E-state index in [0.717, 1.165) is 0 Å². The third-order valence-electron chi connectivity index (χ3n) is 2.30. The molecule has 0 radical (unpaired) electrons. The molecule has 0 aliphatic rings. The number of benzene rings is 1. The Morgan fingerprint density at radius 2 is 2.11 bits per heavy atom. The normalized spacial score (nSPS) is 11.4. The highest BCUT2D eigenvalue weighted by Crippen LogP contribution is 2.22. The lowest BCUT2D eigenvalue weighted by molar-refractivity contribution is -0.145. The second-order valence-electron chi connectivity index (χ2n) is 3.59. The lowest BCUT2D eigenvalue weighted by Crippen LogP contribution is -2.32. The summed E-state index contributed by atoms with van der Waals surface area (Å²) in [4.78, 5) is 33.1. The maximum atomic E-state index is 11.5. The molecule has 0 aromatic heterocycles. The molecule has 1 rings (SSSR count). The summed E-state index contributed by atoms with van der Waals surface area (Å²) in [7, 11) is 1.19. The third-order valence-corrected chi connectivity index (χ3v) is 2.30. The Bertz CT molecular complexity index is 483. The van der Waals surface area contributed by atoms with Gasteiger partial charge in [0.1, 0.15) is 5.75 Å². The van der Waals surface area contributed by atoms with Gasteiger partial charge >= 0.3 is 5.97 Å². The molecule has 96 valence electrons. The lowest BCUT2D eigenvalue weighted by Gasteiger charge is -2.16. The highest BCUT2D eigenvalue weighted by molar-refractivity contribution is 5.85. The Labute approximate surface area is 104 Å². The van der Waals surface area contributed by atoms with Crippen molar-refractivity contribution in [1.29, 1.82) is 0 Å². The van der Waals surface area contributed by atoms with Crippen LogP contribution in [0, 0.1) is 0 Å². The van der Waals surface area contributed by atoms with Crippen LogP contribution < -0.4 is 5.32 Å². The van der Waals surface area contributed by atoms with E-state index in [9.17, 15) is 19.5 Å². The minimum Gasteiger partial charge on any atom is -0.507 e. The second kappa shape index (κ2) is 5.81. The average molecular weight is 251 g/mol. The summed E-state index contributed by atoms with van der Waals surface area (Å²) in [6.45, 7) is 1.26. The number of aldehydes is 1. The molecule has 6 nitrogen and oxygen atoms in total. The fourth-order valence-electron chi connectivity index (χ4n) is 1.44. The van der Waals surface area contributed by atoms with E-state index in [2.05, 4.69) is 10.1 Å². The van der Waals surface area contributed by atoms with Gasteiger partial charge in [0.15, 0.2) is 12.3 Å². The highest BCUT2D eigenvalue weighted by atomic mass is 16.5. The monoisotopic (exact) mass is 251 g/mol. The van der Waals surface area contributed by atoms with Gasteiger partial charge in [0, 0.05) is 6.92 Å². The number of hydrogen-bond acceptors (Lipinski definition) is 5. The zero-order valence-corrected chi connectivity index (χ0v) is 9.97. The number of carbonyl (C=O) groups is 3. The molecule has 2 N–H and O–H groups in total. The summed E-state index contributed by atoms with van der Waals surface area (Å²) in [5, 5.41) is 11.9. The number of methoxy groups -OCH3 is 1. The van der Waals surface area contributed by atoms with Crippen LogP contribution >= 0.6 is 0 Å². The standard InChI is InChI=1S/C12H13NO5/c1-7(15)13-11(12(17)18-2)8-3-4-9(6-14)10(16)5-8/h3-6,11,16H,1-2H3,(H,13,15). The number of hydrogen-bond donors (Lipinski definition) is 2. The summed E-state index contributed by atoms with van der Waals surface area (Å²) >= 11 is 0. The molecular formula is C12H13NO5. The van der Waals surface area contributed by atoms with Gasteiger partial charge in [0.2, 0.25) is 5.91 Å². The molecule has 0 spiro atoms. The zero-order valence-electron chi connectivity index (χ0n) is 9.97. The first-order chi connectivity index (χ1) is 8.49. The number of aromatic hydroxyl groups is 1. The van der Waals surface area contributed by atoms with E-state index < -0.39 is 17.9 Å². The van der Waals surface area contributed by atoms with Crippen molar-refractivity contribution in [2.45, 2.75) is 13.0 Å². The van der Waals surface area contributed by atoms with Crippen molar-refractivity contribution in [3.05, 3.63) is 29.3 Å². The number of esters is 1. The van der Waals surface area contributed by atoms with Gasteiger partial charge in [-0.15, -0.1) is 0 Å². The van der Waals surface area contributed by atoms with Crippen LogP contribution in [0.5, 0.6) is 5.75 Å². The largest absolute Gasteiger partial charge is 0.507 e. The second-order valence-corrected chi connectivity index (χ2v) is 3.59. The molecule has 1 atom stereocenters. The topological polar surface area (TPSA) is 92.7 Å². The van der Waals surface area contributed by atoms with Gasteiger partial charge in [0.05, 0.1) is 12.7 Å². The minimum atomic E-state index is -1.01. The average Bonchev–Trinajstić information content (AvgIpc) is 2.34. The van der Waals surface area contributed by atoms with Gasteiger partial charge < -0.3 is 15.2 Å². The Morgan fingerprint density at radius 1 is 1.44 bits per heavy atom. The molecule has 1 unspecified atom stereocenters. The van der Waals surface area contributed by atoms with E-state index in [-0.39, 0.29) is 11.3 Å². The van der Waals surface area contributed by atoms with Crippen molar-refractivity contribution in [1.82, 2.24) is 5.32 Å². The van der Waals surface area contributed by atoms with Crippen LogP contribution in [0.4, 0.5) is 0 Å². The van der Waals surface area contributed by atoms with Crippen molar-refractivity contribution in [3.8, 4) is 5.75 Å². The van der Waals surface area contributed by atoms with E-state index in [1.165, 1.54) is 32.2 Å². The van der Waals surface area contributed by atoms with Crippen molar-refractivity contribution in [2.24, 2.45) is 0 Å². The van der Waals surface area contributed by atoms with E-state index in [1.54, 1.807) is 0 Å². The first-order valence-electron chi connectivity index (χ1n) is 5.12. The SMILES string of the molecule is COC(=O)C(NC(C)=O)c1ccc(C=O)c(O)c1. The van der Waals surface area contributed by atoms with E-state index in [4.69, 9.17) is 0 Å². The maximum Gasteiger partial charge on any atom is 0.333 e. The van der Waals surface area contributed by atoms with E-state index >= 15 is 0 Å². The van der Waals surface area contributed by atoms with Gasteiger partial charge in [-0.2, -0.15) is 0 Å². The minimum absolute atomic E-state index is 0.102. The summed E-state index contributed by atoms with van der Waals surface area (Å²) in [5.74, 6) is -1.34. The summed E-state index contributed by atoms with van der Waals surface area (Å²) in [6.07, 6.45) is 0.491. The predicted octanol–water partition coefficient (Wildman–Crippen LogP) is 0.555. The summed E-state index contributed by atoms with van der Waals surface area (Å²) < 4.78 is 4.56. The Kier molecular flexibility index (Phi) is 4.42. The molecule has 1 aromatic carbocycles. The number of phenolic OH excluding ortho intramolecular Hbond substituents is 1. The Hall–Kier alpha value is -2.37. The van der Waals surface area contributed by atoms with Gasteiger partial charge in [0.25, 0.3) is 0 Å². The van der Waals surface area contributed by atoms with Crippen molar-refractivity contribution in [3.63, 3.8) is 0 Å². The summed E-state index contributed by atoms with van der Waals surface area (Å²) in [6, 6.07) is 3.04. The molecule has 0 fully saturated rings. The van der Waals surface area contributed by atoms with Crippen molar-refractivity contribution in [2.75, 3.05) is 7.11 Å². The number of rotatable bonds is 4. The van der Waals surface area contributed by atoms with Crippen LogP contribution in [0.2, 0.25) is 0 Å². The van der Waals surface area contributed by atoms with Gasteiger partial charge in [-0.3, -0.25) is 9.59 Å². The van der Waals surface area contributed by atoms with Gasteiger partial charge in [-0.1, -0.05) is 6.07 Å². The van der Waals surface area contributed by atoms with Crippen LogP contribution in [0.25, 0.3) is 0 Å². The van der Waals surface area contributed by atoms with E-state index in [1.807, 2.05) is 0 Å². The molecule has 0 aliphatic carbocycles. The molecule has 0 bridgehead atoms. The number of ether oxygens (including phenoxy) is 1. The number of phenols is 1. The first-order valence-corrected chi connectivity index (χ1v) is 5.12. The highest BCUT2D eigenvalue weighted by Gasteiger charge is 2.23. The van der Waals surface area contributed by atoms with Gasteiger partial charge in [-0.25, -0.2) is 4.79 Å². The van der Waals surface area contributed by atoms with Crippen LogP contribution in [0.3, 0.4) is 0 Å². The quantitative estimate of drug-likeness (QED) is 0.602. The van der Waals surface area contributed by atoms with Crippen LogP contribution in [0.1, 0.15) is 28.9 Å². The fourth-order valence-corrected chi connectivity index (χ4v) is 1.44. The maximum absolute atomic E-state index is 11.5. The first kappa shape index (κ1) is 13.7. The Morgan fingerprint density at radius 3 is 2.56 bits per heavy atom. The molecular weight excluding hydrogens is 238 g/mol. The lowest BCUT2D eigenvalue weighted by atomic mass is 10.0. The summed E-state index contributed by atoms with van der Waals surface area (Å²) in [5.41, 5.74) is 0.436. The van der Waals surface area contributed by atoms with Crippen LogP contribution in [-0.4, -0.2) is 30.4 Å². The third kappa shape index (κ3) is 3.07. The predicted molar refractivity (Wildman–Crippen MR) is 62.1 cm³/mol. The zero-order chi connectivity index (χ0) is 13.7. The molecule has 0 saturated heterocycles. The van der Waals surface area contributed by atoms with Crippen LogP contribution in [-0.2, 0) is 14.3 Å². The van der Waals surface area contributed by atoms with Crippen molar-refractivity contribution < 1.29 is 24.2 Å².